The van der Waals surface area contributed by atoms with E-state index in [-0.39, 0.29) is 5.97 Å². The van der Waals surface area contributed by atoms with Gasteiger partial charge in [0.1, 0.15) is 11.5 Å². The van der Waals surface area contributed by atoms with Crippen LogP contribution in [0.2, 0.25) is 0 Å². The maximum absolute atomic E-state index is 13.2. The Morgan fingerprint density at radius 2 is 1.51 bits per heavy atom. The molecule has 5 nitrogen and oxygen atoms in total. The van der Waals surface area contributed by atoms with Crippen LogP contribution in [-0.2, 0) is 10.3 Å². The molecule has 0 saturated heterocycles. The Balaban J connectivity index is 1.54. The zero-order chi connectivity index (χ0) is 25.7. The minimum Gasteiger partial charge on any atom is -0.456 e. The number of carbonyl (C=O) groups excluding carboxylic acids is 1. The molecule has 186 valence electrons. The molecule has 37 heavy (non-hydrogen) atoms. The summed E-state index contributed by atoms with van der Waals surface area (Å²) in [6, 6.07) is 26.3. The normalized spacial score (nSPS) is 16.9. The summed E-state index contributed by atoms with van der Waals surface area (Å²) in [5.74, 6) is 1.06. The topological polar surface area (TPSA) is 50.8 Å². The highest BCUT2D eigenvalue weighted by Crippen LogP contribution is 2.57. The highest BCUT2D eigenvalue weighted by Gasteiger charge is 2.53. The molecule has 1 spiro atoms. The molecule has 4 aromatic rings. The van der Waals surface area contributed by atoms with Crippen LogP contribution >= 0.6 is 0 Å². The van der Waals surface area contributed by atoms with Crippen LogP contribution in [0.1, 0.15) is 52.0 Å². The number of anilines is 3. The summed E-state index contributed by atoms with van der Waals surface area (Å²) >= 11 is 0. The molecule has 1 N–H and O–H groups in total. The largest absolute Gasteiger partial charge is 0.456 e. The Hall–Kier alpha value is -4.25. The van der Waals surface area contributed by atoms with E-state index in [1.165, 1.54) is 11.1 Å². The number of hydrogen-bond donors (Lipinski definition) is 1. The van der Waals surface area contributed by atoms with Crippen LogP contribution in [0.25, 0.3) is 0 Å². The summed E-state index contributed by atoms with van der Waals surface area (Å²) in [4.78, 5) is 15.5. The standard InChI is InChI=1S/C32H30N2O3/c1-5-34(6-2)24-12-13-27-30(19-24)36-29-14-11-22(33-23-16-20(3)15-21(4)17-23)18-28(29)32(27)26-10-8-7-9-25(26)31(35)37-32/h7-19,33H,5-6H2,1-4H3. The molecule has 2 heterocycles. The zero-order valence-electron chi connectivity index (χ0n) is 21.6. The Morgan fingerprint density at radius 3 is 2.27 bits per heavy atom. The Bertz CT molecular complexity index is 1520. The van der Waals surface area contributed by atoms with Crippen LogP contribution in [0, 0.1) is 13.8 Å². The molecule has 2 aliphatic rings. The van der Waals surface area contributed by atoms with Gasteiger partial charge in [-0.15, -0.1) is 0 Å². The summed E-state index contributed by atoms with van der Waals surface area (Å²) in [5.41, 5.74) is 7.35. The molecule has 1 unspecified atom stereocenters. The van der Waals surface area contributed by atoms with Crippen LogP contribution in [-0.4, -0.2) is 19.1 Å². The summed E-state index contributed by atoms with van der Waals surface area (Å²) < 4.78 is 12.8. The molecule has 0 bridgehead atoms. The number of ether oxygens (including phenoxy) is 2. The fourth-order valence-corrected chi connectivity index (χ4v) is 5.74. The van der Waals surface area contributed by atoms with Gasteiger partial charge in [-0.1, -0.05) is 24.3 Å². The van der Waals surface area contributed by atoms with E-state index >= 15 is 0 Å². The number of rotatable bonds is 5. The summed E-state index contributed by atoms with van der Waals surface area (Å²) in [6.45, 7) is 10.2. The van der Waals surface area contributed by atoms with Crippen LogP contribution < -0.4 is 15.0 Å². The van der Waals surface area contributed by atoms with Gasteiger partial charge in [-0.2, -0.15) is 0 Å². The number of nitrogens with zero attached hydrogens (tertiary/aromatic N) is 1. The van der Waals surface area contributed by atoms with Gasteiger partial charge in [-0.25, -0.2) is 4.79 Å². The quantitative estimate of drug-likeness (QED) is 0.294. The third kappa shape index (κ3) is 3.65. The maximum atomic E-state index is 13.2. The van der Waals surface area contributed by atoms with Crippen LogP contribution in [0.4, 0.5) is 17.1 Å². The van der Waals surface area contributed by atoms with Crippen molar-refractivity contribution in [1.82, 2.24) is 0 Å². The zero-order valence-corrected chi connectivity index (χ0v) is 21.6. The number of hydrogen-bond acceptors (Lipinski definition) is 5. The first-order chi connectivity index (χ1) is 17.9. The molecular formula is C32H30N2O3. The van der Waals surface area contributed by atoms with Gasteiger partial charge in [0, 0.05) is 52.9 Å². The van der Waals surface area contributed by atoms with Crippen molar-refractivity contribution in [2.24, 2.45) is 0 Å². The lowest BCUT2D eigenvalue weighted by Crippen LogP contribution is -2.33. The van der Waals surface area contributed by atoms with E-state index < -0.39 is 5.60 Å². The predicted octanol–water partition coefficient (Wildman–Crippen LogP) is 7.46. The third-order valence-electron chi connectivity index (χ3n) is 7.33. The molecule has 0 saturated carbocycles. The van der Waals surface area contributed by atoms with Gasteiger partial charge in [0.05, 0.1) is 5.56 Å². The molecule has 2 aliphatic heterocycles. The summed E-state index contributed by atoms with van der Waals surface area (Å²) in [5, 5.41) is 3.54. The monoisotopic (exact) mass is 490 g/mol. The molecule has 6 rings (SSSR count). The first kappa shape index (κ1) is 23.2. The first-order valence-corrected chi connectivity index (χ1v) is 12.8. The van der Waals surface area contributed by atoms with Gasteiger partial charge in [-0.3, -0.25) is 0 Å². The lowest BCUT2D eigenvalue weighted by molar-refractivity contribution is 0.0224. The van der Waals surface area contributed by atoms with E-state index in [9.17, 15) is 4.79 Å². The average molecular weight is 491 g/mol. The smallest absolute Gasteiger partial charge is 0.340 e. The fraction of sp³-hybridized carbons (Fsp3) is 0.219. The van der Waals surface area contributed by atoms with Gasteiger partial charge >= 0.3 is 5.97 Å². The van der Waals surface area contributed by atoms with Crippen molar-refractivity contribution in [3.05, 3.63) is 112 Å². The molecule has 4 aromatic carbocycles. The van der Waals surface area contributed by atoms with Gasteiger partial charge < -0.3 is 19.7 Å². The second-order valence-corrected chi connectivity index (χ2v) is 9.78. The highest BCUT2D eigenvalue weighted by molar-refractivity contribution is 5.97. The molecule has 0 amide bonds. The van der Waals surface area contributed by atoms with E-state index in [0.29, 0.717) is 17.1 Å². The number of carbonyl (C=O) groups is 1. The lowest BCUT2D eigenvalue weighted by atomic mass is 9.77. The van der Waals surface area contributed by atoms with Crippen molar-refractivity contribution in [2.75, 3.05) is 23.3 Å². The molecule has 0 aliphatic carbocycles. The Labute approximate surface area is 217 Å². The van der Waals surface area contributed by atoms with Crippen molar-refractivity contribution < 1.29 is 14.3 Å². The average Bonchev–Trinajstić information content (AvgIpc) is 3.18. The summed E-state index contributed by atoms with van der Waals surface area (Å²) in [7, 11) is 0. The van der Waals surface area contributed by atoms with Gasteiger partial charge in [0.2, 0.25) is 0 Å². The van der Waals surface area contributed by atoms with E-state index in [1.54, 1.807) is 0 Å². The van der Waals surface area contributed by atoms with Crippen LogP contribution in [0.5, 0.6) is 11.5 Å². The van der Waals surface area contributed by atoms with Gasteiger partial charge in [-0.05, 0) is 87.4 Å². The van der Waals surface area contributed by atoms with Crippen molar-refractivity contribution in [1.29, 1.82) is 0 Å². The van der Waals surface area contributed by atoms with Crippen LogP contribution in [0.15, 0.2) is 78.9 Å². The van der Waals surface area contributed by atoms with E-state index in [4.69, 9.17) is 9.47 Å². The Kier molecular flexibility index (Phi) is 5.45. The summed E-state index contributed by atoms with van der Waals surface area (Å²) in [6.07, 6.45) is 0. The van der Waals surface area contributed by atoms with E-state index in [2.05, 4.69) is 68.2 Å². The lowest BCUT2D eigenvalue weighted by Gasteiger charge is -2.37. The van der Waals surface area contributed by atoms with E-state index in [0.717, 1.165) is 46.8 Å². The van der Waals surface area contributed by atoms with Crippen molar-refractivity contribution in [3.63, 3.8) is 0 Å². The predicted molar refractivity (Wildman–Crippen MR) is 147 cm³/mol. The van der Waals surface area contributed by atoms with Crippen molar-refractivity contribution in [2.45, 2.75) is 33.3 Å². The molecular weight excluding hydrogens is 460 g/mol. The molecule has 1 atom stereocenters. The molecule has 0 fully saturated rings. The van der Waals surface area contributed by atoms with Crippen LogP contribution in [0.3, 0.4) is 0 Å². The fourth-order valence-electron chi connectivity index (χ4n) is 5.74. The number of benzene rings is 4. The second kappa shape index (κ2) is 8.70. The second-order valence-electron chi connectivity index (χ2n) is 9.78. The maximum Gasteiger partial charge on any atom is 0.340 e. The number of nitrogens with one attached hydrogen (secondary N) is 1. The van der Waals surface area contributed by atoms with Gasteiger partial charge in [0.15, 0.2) is 5.60 Å². The van der Waals surface area contributed by atoms with E-state index in [1.807, 2.05) is 48.5 Å². The number of fused-ring (bicyclic) bond motifs is 6. The highest BCUT2D eigenvalue weighted by atomic mass is 16.6. The SMILES string of the molecule is CCN(CC)c1ccc2c(c1)Oc1ccc(Nc3cc(C)cc(C)c3)cc1C21OC(=O)c2ccccc21. The number of aryl methyl sites for hydroxylation is 2. The molecule has 0 radical (unpaired) electrons. The third-order valence-corrected chi connectivity index (χ3v) is 7.33. The molecule has 0 aromatic heterocycles. The number of esters is 1. The van der Waals surface area contributed by atoms with Gasteiger partial charge in [0.25, 0.3) is 0 Å². The minimum atomic E-state index is -1.08. The Morgan fingerprint density at radius 1 is 0.757 bits per heavy atom. The minimum absolute atomic E-state index is 0.324. The first-order valence-electron chi connectivity index (χ1n) is 12.8. The van der Waals surface area contributed by atoms with Crippen molar-refractivity contribution >= 4 is 23.0 Å². The molecule has 5 heteroatoms. The van der Waals surface area contributed by atoms with Crippen molar-refractivity contribution in [3.8, 4) is 11.5 Å².